The Morgan fingerprint density at radius 1 is 1.17 bits per heavy atom. The first-order chi connectivity index (χ1) is 16.5. The van der Waals surface area contributed by atoms with E-state index < -0.39 is 24.0 Å². The molecule has 0 spiro atoms. The van der Waals surface area contributed by atoms with Gasteiger partial charge in [0.25, 0.3) is 0 Å². The number of carbonyl (C=O) groups is 2. The van der Waals surface area contributed by atoms with Crippen LogP contribution in [0.15, 0.2) is 12.1 Å². The first-order valence-corrected chi connectivity index (χ1v) is 12.3. The minimum Gasteiger partial charge on any atom is -0.468 e. The van der Waals surface area contributed by atoms with Crippen LogP contribution in [0.3, 0.4) is 0 Å². The Hall–Kier alpha value is -2.33. The topological polar surface area (TPSA) is 98.0 Å². The molecule has 2 heterocycles. The summed E-state index contributed by atoms with van der Waals surface area (Å²) in [6, 6.07) is 3.25. The second-order valence-corrected chi connectivity index (χ2v) is 9.92. The molecular formula is C25H40F2N4O4. The molecule has 10 heteroatoms. The van der Waals surface area contributed by atoms with E-state index in [2.05, 4.69) is 4.74 Å². The minimum atomic E-state index is -2.38. The molecule has 1 aromatic rings. The number of halogens is 2. The average Bonchev–Trinajstić information content (AvgIpc) is 2.80. The maximum atomic E-state index is 12.7. The Bertz CT molecular complexity index is 832. The number of aromatic nitrogens is 1. The zero-order valence-corrected chi connectivity index (χ0v) is 21.4. The van der Waals surface area contributed by atoms with Crippen LogP contribution in [-0.4, -0.2) is 73.3 Å². The van der Waals surface area contributed by atoms with Crippen LogP contribution in [0.2, 0.25) is 0 Å². The van der Waals surface area contributed by atoms with Crippen molar-refractivity contribution >= 4 is 17.9 Å². The Kier molecular flexibility index (Phi) is 11.3. The standard InChI is InChI=1S/C25H40F2N4O4/c1-25(2,3)35-24(33)31-15-7-8-18-10-11-19(29-22(18)31)9-5-6-14-30(17-13-21(26)27)16-12-20(28)23(32)34-4/h10-11,20-21H,5-9,12-17,28H2,1-4H3/t20-/m0/s1. The van der Waals surface area contributed by atoms with Gasteiger partial charge in [-0.15, -0.1) is 0 Å². The molecular weight excluding hydrogens is 458 g/mol. The molecule has 8 nitrogen and oxygen atoms in total. The largest absolute Gasteiger partial charge is 0.468 e. The van der Waals surface area contributed by atoms with E-state index in [0.29, 0.717) is 38.3 Å². The molecule has 2 N–H and O–H groups in total. The summed E-state index contributed by atoms with van der Waals surface area (Å²) in [4.78, 5) is 32.5. The lowest BCUT2D eigenvalue weighted by atomic mass is 10.0. The number of alkyl halides is 2. The Labute approximate surface area is 207 Å². The van der Waals surface area contributed by atoms with Crippen LogP contribution in [0, 0.1) is 0 Å². The van der Waals surface area contributed by atoms with E-state index >= 15 is 0 Å². The summed E-state index contributed by atoms with van der Waals surface area (Å²) < 4.78 is 35.7. The number of anilines is 1. The van der Waals surface area contributed by atoms with Crippen LogP contribution < -0.4 is 10.6 Å². The number of carbonyl (C=O) groups excluding carboxylic acids is 2. The monoisotopic (exact) mass is 498 g/mol. The number of fused-ring (bicyclic) bond motifs is 1. The van der Waals surface area contributed by atoms with E-state index in [1.54, 1.807) is 4.90 Å². The number of methoxy groups -OCH3 is 1. The van der Waals surface area contributed by atoms with Crippen LogP contribution in [0.5, 0.6) is 0 Å². The fourth-order valence-corrected chi connectivity index (χ4v) is 3.96. The van der Waals surface area contributed by atoms with Gasteiger partial charge in [-0.1, -0.05) is 6.07 Å². The van der Waals surface area contributed by atoms with E-state index in [0.717, 1.165) is 36.9 Å². The molecule has 1 atom stereocenters. The zero-order valence-electron chi connectivity index (χ0n) is 21.4. The van der Waals surface area contributed by atoms with E-state index in [1.165, 1.54) is 7.11 Å². The van der Waals surface area contributed by atoms with Gasteiger partial charge in [-0.25, -0.2) is 18.6 Å². The number of nitrogens with two attached hydrogens (primary N) is 1. The summed E-state index contributed by atoms with van der Waals surface area (Å²) in [5.74, 6) is 0.163. The molecule has 1 aliphatic heterocycles. The molecule has 0 saturated heterocycles. The first-order valence-electron chi connectivity index (χ1n) is 12.3. The molecule has 0 bridgehead atoms. The fraction of sp³-hybridized carbons (Fsp3) is 0.720. The number of hydrogen-bond acceptors (Lipinski definition) is 7. The molecule has 2 rings (SSSR count). The van der Waals surface area contributed by atoms with Crippen molar-refractivity contribution < 1.29 is 27.8 Å². The second-order valence-electron chi connectivity index (χ2n) is 9.92. The van der Waals surface area contributed by atoms with Crippen molar-refractivity contribution in [2.75, 3.05) is 38.2 Å². The number of ether oxygens (including phenoxy) is 2. The molecule has 198 valence electrons. The van der Waals surface area contributed by atoms with Gasteiger partial charge >= 0.3 is 12.1 Å². The van der Waals surface area contributed by atoms with E-state index in [-0.39, 0.29) is 19.1 Å². The third kappa shape index (κ3) is 10.0. The van der Waals surface area contributed by atoms with Crippen LogP contribution in [0.1, 0.15) is 64.1 Å². The molecule has 0 radical (unpaired) electrons. The number of esters is 1. The van der Waals surface area contributed by atoms with Gasteiger partial charge in [0, 0.05) is 31.7 Å². The van der Waals surface area contributed by atoms with Gasteiger partial charge in [0.1, 0.15) is 17.5 Å². The Morgan fingerprint density at radius 2 is 1.89 bits per heavy atom. The van der Waals surface area contributed by atoms with Gasteiger partial charge in [-0.3, -0.25) is 9.69 Å². The minimum absolute atomic E-state index is 0.222. The number of pyridine rings is 1. The highest BCUT2D eigenvalue weighted by molar-refractivity contribution is 5.88. The predicted octanol–water partition coefficient (Wildman–Crippen LogP) is 3.94. The third-order valence-corrected chi connectivity index (χ3v) is 5.79. The van der Waals surface area contributed by atoms with Crippen molar-refractivity contribution in [1.82, 2.24) is 9.88 Å². The number of unbranched alkanes of at least 4 members (excludes halogenated alkanes) is 1. The van der Waals surface area contributed by atoms with Crippen molar-refractivity contribution in [3.05, 3.63) is 23.4 Å². The maximum Gasteiger partial charge on any atom is 0.416 e. The van der Waals surface area contributed by atoms with Crippen molar-refractivity contribution in [3.8, 4) is 0 Å². The highest BCUT2D eigenvalue weighted by Gasteiger charge is 2.28. The maximum absolute atomic E-state index is 12.7. The molecule has 1 aromatic heterocycles. The summed E-state index contributed by atoms with van der Waals surface area (Å²) in [6.07, 6.45) is 1.40. The van der Waals surface area contributed by atoms with Gasteiger partial charge in [-0.2, -0.15) is 0 Å². The van der Waals surface area contributed by atoms with Crippen LogP contribution in [-0.2, 0) is 27.1 Å². The molecule has 1 amide bonds. The molecule has 35 heavy (non-hydrogen) atoms. The summed E-state index contributed by atoms with van der Waals surface area (Å²) in [7, 11) is 1.28. The quantitative estimate of drug-likeness (QED) is 0.344. The second kappa shape index (κ2) is 13.7. The molecule has 0 aromatic carbocycles. The number of hydrogen-bond donors (Lipinski definition) is 1. The smallest absolute Gasteiger partial charge is 0.416 e. The lowest BCUT2D eigenvalue weighted by Crippen LogP contribution is -2.40. The van der Waals surface area contributed by atoms with E-state index in [1.807, 2.05) is 37.8 Å². The lowest BCUT2D eigenvalue weighted by Gasteiger charge is -2.31. The molecule has 0 fully saturated rings. The average molecular weight is 499 g/mol. The first kappa shape index (κ1) is 28.9. The molecule has 0 aliphatic carbocycles. The summed E-state index contributed by atoms with van der Waals surface area (Å²) >= 11 is 0. The van der Waals surface area contributed by atoms with Gasteiger partial charge in [0.15, 0.2) is 0 Å². The zero-order chi connectivity index (χ0) is 26.0. The SMILES string of the molecule is COC(=O)[C@@H](N)CCN(CCCCc1ccc2c(n1)N(C(=O)OC(C)(C)C)CCC2)CCC(F)F. The Balaban J connectivity index is 1.92. The highest BCUT2D eigenvalue weighted by Crippen LogP contribution is 2.27. The van der Waals surface area contributed by atoms with Gasteiger partial charge in [0.2, 0.25) is 6.43 Å². The number of rotatable bonds is 12. The lowest BCUT2D eigenvalue weighted by molar-refractivity contribution is -0.142. The van der Waals surface area contributed by atoms with Crippen LogP contribution in [0.4, 0.5) is 19.4 Å². The van der Waals surface area contributed by atoms with Crippen LogP contribution in [0.25, 0.3) is 0 Å². The summed E-state index contributed by atoms with van der Waals surface area (Å²) in [5.41, 5.74) is 7.12. The van der Waals surface area contributed by atoms with Crippen molar-refractivity contribution in [2.45, 2.75) is 83.8 Å². The van der Waals surface area contributed by atoms with Gasteiger partial charge in [-0.05, 0) is 77.5 Å². The Morgan fingerprint density at radius 3 is 2.54 bits per heavy atom. The van der Waals surface area contributed by atoms with Gasteiger partial charge < -0.3 is 20.1 Å². The van der Waals surface area contributed by atoms with Crippen molar-refractivity contribution in [1.29, 1.82) is 0 Å². The highest BCUT2D eigenvalue weighted by atomic mass is 19.3. The fourth-order valence-electron chi connectivity index (χ4n) is 3.96. The molecule has 0 unspecified atom stereocenters. The third-order valence-electron chi connectivity index (χ3n) is 5.79. The van der Waals surface area contributed by atoms with Crippen LogP contribution >= 0.6 is 0 Å². The summed E-state index contributed by atoms with van der Waals surface area (Å²) in [5, 5.41) is 0. The number of nitrogens with zero attached hydrogens (tertiary/aromatic N) is 3. The predicted molar refractivity (Wildman–Crippen MR) is 131 cm³/mol. The molecule has 1 aliphatic rings. The van der Waals surface area contributed by atoms with Crippen molar-refractivity contribution in [3.63, 3.8) is 0 Å². The number of amides is 1. The normalized spacial score (nSPS) is 14.7. The van der Waals surface area contributed by atoms with E-state index in [4.69, 9.17) is 15.5 Å². The van der Waals surface area contributed by atoms with E-state index in [9.17, 15) is 18.4 Å². The molecule has 0 saturated carbocycles. The van der Waals surface area contributed by atoms with Gasteiger partial charge in [0.05, 0.1) is 7.11 Å². The summed E-state index contributed by atoms with van der Waals surface area (Å²) in [6.45, 7) is 7.41. The van der Waals surface area contributed by atoms with Crippen molar-refractivity contribution in [2.24, 2.45) is 5.73 Å². The number of aryl methyl sites for hydroxylation is 2.